The molecule has 0 bridgehead atoms. The van der Waals surface area contributed by atoms with Gasteiger partial charge in [0.2, 0.25) is 5.88 Å². The Labute approximate surface area is 155 Å². The molecule has 0 spiro atoms. The SMILES string of the molecule is CCOC(=O)C1=C(C)OC(N)=C(C#N)C1c1ccc2nccc(Cl)c2c1. The number of hydrogen-bond acceptors (Lipinski definition) is 6. The number of fused-ring (bicyclic) bond motifs is 1. The minimum Gasteiger partial charge on any atom is -0.463 e. The summed E-state index contributed by atoms with van der Waals surface area (Å²) in [6.45, 7) is 3.54. The van der Waals surface area contributed by atoms with Gasteiger partial charge in [0.15, 0.2) is 0 Å². The van der Waals surface area contributed by atoms with Gasteiger partial charge in [-0.1, -0.05) is 17.7 Å². The number of nitrogens with two attached hydrogens (primary N) is 1. The van der Waals surface area contributed by atoms with Crippen molar-refractivity contribution in [2.45, 2.75) is 19.8 Å². The molecule has 2 N–H and O–H groups in total. The third-order valence-electron chi connectivity index (χ3n) is 4.15. The van der Waals surface area contributed by atoms with Crippen molar-refractivity contribution in [3.63, 3.8) is 0 Å². The van der Waals surface area contributed by atoms with Gasteiger partial charge in [0, 0.05) is 11.6 Å². The van der Waals surface area contributed by atoms with E-state index in [1.165, 1.54) is 0 Å². The smallest absolute Gasteiger partial charge is 0.338 e. The number of carbonyl (C=O) groups excluding carboxylic acids is 1. The van der Waals surface area contributed by atoms with E-state index in [0.717, 1.165) is 5.39 Å². The van der Waals surface area contributed by atoms with Crippen molar-refractivity contribution >= 4 is 28.5 Å². The number of pyridine rings is 1. The quantitative estimate of drug-likeness (QED) is 0.831. The molecule has 0 saturated carbocycles. The summed E-state index contributed by atoms with van der Waals surface area (Å²) >= 11 is 6.27. The van der Waals surface area contributed by atoms with E-state index < -0.39 is 11.9 Å². The summed E-state index contributed by atoms with van der Waals surface area (Å²) in [4.78, 5) is 16.8. The zero-order valence-corrected chi connectivity index (χ0v) is 15.0. The number of benzene rings is 1. The maximum Gasteiger partial charge on any atom is 0.338 e. The number of nitriles is 1. The van der Waals surface area contributed by atoms with Crippen LogP contribution in [0.3, 0.4) is 0 Å². The Bertz CT molecular complexity index is 1000. The molecule has 2 aromatic rings. The molecule has 132 valence electrons. The molecule has 0 saturated heterocycles. The maximum absolute atomic E-state index is 12.5. The molecule has 26 heavy (non-hydrogen) atoms. The molecule has 7 heteroatoms. The third kappa shape index (κ3) is 2.98. The van der Waals surface area contributed by atoms with Crippen molar-refractivity contribution < 1.29 is 14.3 Å². The van der Waals surface area contributed by atoms with Gasteiger partial charge in [-0.15, -0.1) is 0 Å². The van der Waals surface area contributed by atoms with E-state index in [-0.39, 0.29) is 23.6 Å². The van der Waals surface area contributed by atoms with Crippen LogP contribution in [0, 0.1) is 11.3 Å². The molecule has 2 heterocycles. The van der Waals surface area contributed by atoms with Crippen LogP contribution in [-0.4, -0.2) is 17.6 Å². The molecular formula is C19H16ClN3O3. The second-order valence-electron chi connectivity index (χ2n) is 5.68. The molecule has 1 aliphatic heterocycles. The molecule has 1 aliphatic rings. The lowest BCUT2D eigenvalue weighted by Gasteiger charge is -2.27. The van der Waals surface area contributed by atoms with Gasteiger partial charge in [-0.3, -0.25) is 4.98 Å². The van der Waals surface area contributed by atoms with Gasteiger partial charge in [0.05, 0.1) is 28.6 Å². The summed E-state index contributed by atoms with van der Waals surface area (Å²) in [6, 6.07) is 9.11. The van der Waals surface area contributed by atoms with E-state index in [9.17, 15) is 10.1 Å². The predicted octanol–water partition coefficient (Wildman–Crippen LogP) is 3.53. The van der Waals surface area contributed by atoms with Crippen LogP contribution >= 0.6 is 11.6 Å². The second-order valence-corrected chi connectivity index (χ2v) is 6.09. The van der Waals surface area contributed by atoms with Crippen molar-refractivity contribution in [3.05, 3.63) is 63.8 Å². The molecular weight excluding hydrogens is 354 g/mol. The average Bonchev–Trinajstić information content (AvgIpc) is 2.61. The molecule has 1 aromatic heterocycles. The van der Waals surface area contributed by atoms with Crippen LogP contribution in [0.5, 0.6) is 0 Å². The average molecular weight is 370 g/mol. The van der Waals surface area contributed by atoms with E-state index in [0.29, 0.717) is 21.9 Å². The minimum atomic E-state index is -0.700. The zero-order valence-electron chi connectivity index (χ0n) is 14.2. The molecule has 1 unspecified atom stereocenters. The number of halogens is 1. The van der Waals surface area contributed by atoms with Gasteiger partial charge >= 0.3 is 5.97 Å². The predicted molar refractivity (Wildman–Crippen MR) is 96.7 cm³/mol. The topological polar surface area (TPSA) is 98.2 Å². The first kappa shape index (κ1) is 17.8. The van der Waals surface area contributed by atoms with E-state index >= 15 is 0 Å². The summed E-state index contributed by atoms with van der Waals surface area (Å²) in [6.07, 6.45) is 1.62. The van der Waals surface area contributed by atoms with Crippen molar-refractivity contribution in [2.75, 3.05) is 6.61 Å². The molecule has 6 nitrogen and oxygen atoms in total. The van der Waals surface area contributed by atoms with Crippen LogP contribution in [-0.2, 0) is 14.3 Å². The van der Waals surface area contributed by atoms with Gasteiger partial charge in [-0.2, -0.15) is 5.26 Å². The Hall–Kier alpha value is -3.04. The van der Waals surface area contributed by atoms with E-state index in [2.05, 4.69) is 11.1 Å². The Morgan fingerprint density at radius 3 is 2.92 bits per heavy atom. The number of hydrogen-bond donors (Lipinski definition) is 1. The number of rotatable bonds is 3. The first-order chi connectivity index (χ1) is 12.5. The monoisotopic (exact) mass is 369 g/mol. The largest absolute Gasteiger partial charge is 0.463 e. The molecule has 0 amide bonds. The number of carbonyl (C=O) groups is 1. The summed E-state index contributed by atoms with van der Waals surface area (Å²) in [5, 5.41) is 10.8. The highest BCUT2D eigenvalue weighted by Gasteiger charge is 2.36. The van der Waals surface area contributed by atoms with Crippen LogP contribution in [0.15, 0.2) is 53.3 Å². The highest BCUT2D eigenvalue weighted by atomic mass is 35.5. The summed E-state index contributed by atoms with van der Waals surface area (Å²) < 4.78 is 10.6. The normalized spacial score (nSPS) is 17.1. The van der Waals surface area contributed by atoms with Crippen LogP contribution in [0.25, 0.3) is 10.9 Å². The number of ether oxygens (including phenoxy) is 2. The lowest BCUT2D eigenvalue weighted by molar-refractivity contribution is -0.139. The fourth-order valence-electron chi connectivity index (χ4n) is 3.00. The van der Waals surface area contributed by atoms with E-state index in [1.807, 2.05) is 0 Å². The molecule has 1 atom stereocenters. The summed E-state index contributed by atoms with van der Waals surface area (Å²) in [7, 11) is 0. The Balaban J connectivity index is 2.23. The van der Waals surface area contributed by atoms with Crippen molar-refractivity contribution in [3.8, 4) is 6.07 Å². The van der Waals surface area contributed by atoms with Crippen LogP contribution in [0.2, 0.25) is 5.02 Å². The number of esters is 1. The van der Waals surface area contributed by atoms with Gasteiger partial charge in [0.1, 0.15) is 17.4 Å². The number of nitrogens with zero attached hydrogens (tertiary/aromatic N) is 2. The highest BCUT2D eigenvalue weighted by Crippen LogP contribution is 2.40. The summed E-state index contributed by atoms with van der Waals surface area (Å²) in [5.41, 5.74) is 7.68. The maximum atomic E-state index is 12.5. The Morgan fingerprint density at radius 1 is 1.46 bits per heavy atom. The molecule has 0 radical (unpaired) electrons. The lowest BCUT2D eigenvalue weighted by atomic mass is 9.82. The van der Waals surface area contributed by atoms with E-state index in [4.69, 9.17) is 26.8 Å². The number of allylic oxidation sites excluding steroid dienone is 2. The second kappa shape index (κ2) is 7.06. The molecule has 3 rings (SSSR count). The van der Waals surface area contributed by atoms with Crippen molar-refractivity contribution in [1.29, 1.82) is 5.26 Å². The van der Waals surface area contributed by atoms with Crippen molar-refractivity contribution in [2.24, 2.45) is 5.73 Å². The number of aromatic nitrogens is 1. The van der Waals surface area contributed by atoms with Crippen LogP contribution < -0.4 is 5.73 Å². The van der Waals surface area contributed by atoms with Gasteiger partial charge in [-0.05, 0) is 37.6 Å². The molecule has 0 fully saturated rings. The Kier molecular flexibility index (Phi) is 4.83. The molecule has 1 aromatic carbocycles. The third-order valence-corrected chi connectivity index (χ3v) is 4.48. The Morgan fingerprint density at radius 2 is 2.23 bits per heavy atom. The standard InChI is InChI=1S/C19H16ClN3O3/c1-3-25-19(24)16-10(2)26-18(22)13(9-21)17(16)11-4-5-15-12(8-11)14(20)6-7-23-15/h4-8,17H,3,22H2,1-2H3. The van der Waals surface area contributed by atoms with E-state index in [1.54, 1.807) is 44.3 Å². The molecule has 0 aliphatic carbocycles. The van der Waals surface area contributed by atoms with Crippen LogP contribution in [0.4, 0.5) is 0 Å². The van der Waals surface area contributed by atoms with Crippen LogP contribution in [0.1, 0.15) is 25.3 Å². The fourth-order valence-corrected chi connectivity index (χ4v) is 3.21. The highest BCUT2D eigenvalue weighted by molar-refractivity contribution is 6.35. The van der Waals surface area contributed by atoms with Crippen molar-refractivity contribution in [1.82, 2.24) is 4.98 Å². The lowest BCUT2D eigenvalue weighted by Crippen LogP contribution is -2.25. The zero-order chi connectivity index (χ0) is 18.8. The van der Waals surface area contributed by atoms with Gasteiger partial charge in [-0.25, -0.2) is 4.79 Å². The summed E-state index contributed by atoms with van der Waals surface area (Å²) in [5.74, 6) is -0.969. The minimum absolute atomic E-state index is 0.0274. The van der Waals surface area contributed by atoms with Gasteiger partial charge in [0.25, 0.3) is 0 Å². The first-order valence-corrected chi connectivity index (χ1v) is 8.35. The fraction of sp³-hybridized carbons (Fsp3) is 0.211. The van der Waals surface area contributed by atoms with Gasteiger partial charge < -0.3 is 15.2 Å². The first-order valence-electron chi connectivity index (χ1n) is 7.97.